The van der Waals surface area contributed by atoms with Gasteiger partial charge in [-0.1, -0.05) is 58.8 Å². The molecule has 0 atom stereocenters. The van der Waals surface area contributed by atoms with Gasteiger partial charge in [-0.15, -0.1) is 0 Å². The predicted molar refractivity (Wildman–Crippen MR) is 83.7 cm³/mol. The number of unbranched alkanes of at least 4 members (excludes halogenated alkanes) is 6. The Labute approximate surface area is 121 Å². The van der Waals surface area contributed by atoms with Gasteiger partial charge >= 0.3 is 0 Å². The molecule has 0 spiro atoms. The highest BCUT2D eigenvalue weighted by Crippen LogP contribution is 2.11. The van der Waals surface area contributed by atoms with Gasteiger partial charge in [0.15, 0.2) is 0 Å². The van der Waals surface area contributed by atoms with Crippen LogP contribution in [0.5, 0.6) is 0 Å². The summed E-state index contributed by atoms with van der Waals surface area (Å²) in [6.07, 6.45) is 11.2. The number of hydrogen-bond donors (Lipinski definition) is 0. The molecule has 0 aliphatic carbocycles. The summed E-state index contributed by atoms with van der Waals surface area (Å²) in [6, 6.07) is 0. The van der Waals surface area contributed by atoms with Crippen molar-refractivity contribution in [3.63, 3.8) is 0 Å². The lowest BCUT2D eigenvalue weighted by Gasteiger charge is -2.08. The maximum absolute atomic E-state index is 5.53. The van der Waals surface area contributed by atoms with Gasteiger partial charge in [0.2, 0.25) is 0 Å². The van der Waals surface area contributed by atoms with Crippen molar-refractivity contribution in [1.29, 1.82) is 0 Å². The first-order chi connectivity index (χ1) is 9.13. The molecule has 0 aromatic carbocycles. The van der Waals surface area contributed by atoms with Gasteiger partial charge in [-0.05, 0) is 26.2 Å². The predicted octanol–water partition coefficient (Wildman–Crippen LogP) is 5.20. The van der Waals surface area contributed by atoms with E-state index in [4.69, 9.17) is 9.47 Å². The van der Waals surface area contributed by atoms with Crippen LogP contribution in [0.15, 0.2) is 0 Å². The van der Waals surface area contributed by atoms with Gasteiger partial charge in [0, 0.05) is 6.61 Å². The monoisotopic (exact) mass is 272 g/mol. The molecule has 19 heavy (non-hydrogen) atoms. The molecular formula is C17H36O2. The second-order valence-corrected chi connectivity index (χ2v) is 6.19. The van der Waals surface area contributed by atoms with Crippen LogP contribution in [0, 0.1) is 5.92 Å². The molecule has 0 fully saturated rings. The Hall–Kier alpha value is -0.0800. The molecule has 0 saturated heterocycles. The molecule has 0 radical (unpaired) electrons. The summed E-state index contributed by atoms with van der Waals surface area (Å²) in [5, 5.41) is 0. The maximum atomic E-state index is 5.53. The highest BCUT2D eigenvalue weighted by Gasteiger charge is 1.96. The third-order valence-corrected chi connectivity index (χ3v) is 3.25. The van der Waals surface area contributed by atoms with E-state index >= 15 is 0 Å². The van der Waals surface area contributed by atoms with Crippen molar-refractivity contribution < 1.29 is 9.47 Å². The highest BCUT2D eigenvalue weighted by molar-refractivity contribution is 4.49. The average molecular weight is 272 g/mol. The minimum absolute atomic E-state index is 0.319. The molecule has 0 N–H and O–H groups in total. The average Bonchev–Trinajstić information content (AvgIpc) is 2.34. The SMILES string of the molecule is CC(C)CCCCCCCCCOCCOC(C)C. The fourth-order valence-corrected chi connectivity index (χ4v) is 2.09. The van der Waals surface area contributed by atoms with Gasteiger partial charge in [0.25, 0.3) is 0 Å². The van der Waals surface area contributed by atoms with Crippen LogP contribution in [0.25, 0.3) is 0 Å². The minimum atomic E-state index is 0.319. The fraction of sp³-hybridized carbons (Fsp3) is 1.00. The van der Waals surface area contributed by atoms with Crippen molar-refractivity contribution in [3.8, 4) is 0 Å². The van der Waals surface area contributed by atoms with Gasteiger partial charge in [-0.25, -0.2) is 0 Å². The van der Waals surface area contributed by atoms with Gasteiger partial charge in [0.05, 0.1) is 19.3 Å². The molecule has 2 nitrogen and oxygen atoms in total. The van der Waals surface area contributed by atoms with E-state index in [0.717, 1.165) is 25.7 Å². The molecule has 0 saturated carbocycles. The third kappa shape index (κ3) is 17.9. The van der Waals surface area contributed by atoms with Crippen LogP contribution >= 0.6 is 0 Å². The summed E-state index contributed by atoms with van der Waals surface area (Å²) >= 11 is 0. The van der Waals surface area contributed by atoms with Gasteiger partial charge in [-0.3, -0.25) is 0 Å². The summed E-state index contributed by atoms with van der Waals surface area (Å²) in [6.45, 7) is 11.1. The zero-order valence-electron chi connectivity index (χ0n) is 13.7. The Kier molecular flexibility index (Phi) is 14.3. The Bertz CT molecular complexity index is 149. The smallest absolute Gasteiger partial charge is 0.0703 e. The lowest BCUT2D eigenvalue weighted by molar-refractivity contribution is 0.0186. The molecule has 0 aromatic heterocycles. The molecule has 0 aromatic rings. The van der Waals surface area contributed by atoms with Crippen LogP contribution in [-0.2, 0) is 9.47 Å². The molecule has 116 valence electrons. The molecule has 0 unspecified atom stereocenters. The van der Waals surface area contributed by atoms with Crippen molar-refractivity contribution >= 4 is 0 Å². The number of ether oxygens (including phenoxy) is 2. The molecular weight excluding hydrogens is 236 g/mol. The van der Waals surface area contributed by atoms with Crippen LogP contribution in [0.2, 0.25) is 0 Å². The topological polar surface area (TPSA) is 18.5 Å². The Morgan fingerprint density at radius 3 is 1.79 bits per heavy atom. The van der Waals surface area contributed by atoms with E-state index < -0.39 is 0 Å². The zero-order chi connectivity index (χ0) is 14.3. The van der Waals surface area contributed by atoms with Crippen molar-refractivity contribution in [2.75, 3.05) is 19.8 Å². The van der Waals surface area contributed by atoms with Gasteiger partial charge < -0.3 is 9.47 Å². The summed E-state index contributed by atoms with van der Waals surface area (Å²) in [7, 11) is 0. The minimum Gasteiger partial charge on any atom is -0.379 e. The molecule has 0 aliphatic heterocycles. The second-order valence-electron chi connectivity index (χ2n) is 6.19. The fourth-order valence-electron chi connectivity index (χ4n) is 2.09. The van der Waals surface area contributed by atoms with E-state index in [1.807, 2.05) is 0 Å². The summed E-state index contributed by atoms with van der Waals surface area (Å²) in [5.74, 6) is 0.872. The Morgan fingerprint density at radius 1 is 0.632 bits per heavy atom. The maximum Gasteiger partial charge on any atom is 0.0703 e. The first kappa shape index (κ1) is 18.9. The summed E-state index contributed by atoms with van der Waals surface area (Å²) in [4.78, 5) is 0. The third-order valence-electron chi connectivity index (χ3n) is 3.25. The highest BCUT2D eigenvalue weighted by atomic mass is 16.5. The number of rotatable bonds is 14. The van der Waals surface area contributed by atoms with Crippen LogP contribution in [0.4, 0.5) is 0 Å². The van der Waals surface area contributed by atoms with Crippen molar-refractivity contribution in [1.82, 2.24) is 0 Å². The quantitative estimate of drug-likeness (QED) is 0.404. The van der Waals surface area contributed by atoms with Crippen LogP contribution in [-0.4, -0.2) is 25.9 Å². The Balaban J connectivity index is 2.95. The zero-order valence-corrected chi connectivity index (χ0v) is 13.7. The van der Waals surface area contributed by atoms with Crippen molar-refractivity contribution in [2.24, 2.45) is 5.92 Å². The van der Waals surface area contributed by atoms with Crippen LogP contribution in [0.3, 0.4) is 0 Å². The molecule has 0 rings (SSSR count). The van der Waals surface area contributed by atoms with Gasteiger partial charge in [0.1, 0.15) is 0 Å². The molecule has 0 bridgehead atoms. The normalized spacial score (nSPS) is 11.7. The lowest BCUT2D eigenvalue weighted by Crippen LogP contribution is -2.10. The molecule has 0 amide bonds. The molecule has 2 heteroatoms. The number of hydrogen-bond acceptors (Lipinski definition) is 2. The van der Waals surface area contributed by atoms with E-state index in [1.165, 1.54) is 51.4 Å². The molecule has 0 heterocycles. The van der Waals surface area contributed by atoms with Crippen molar-refractivity contribution in [2.45, 2.75) is 85.2 Å². The largest absolute Gasteiger partial charge is 0.379 e. The first-order valence-electron chi connectivity index (χ1n) is 8.32. The van der Waals surface area contributed by atoms with E-state index in [-0.39, 0.29) is 0 Å². The van der Waals surface area contributed by atoms with E-state index in [0.29, 0.717) is 6.10 Å². The standard InChI is InChI=1S/C17H36O2/c1-16(2)12-10-8-6-5-7-9-11-13-18-14-15-19-17(3)4/h16-17H,5-15H2,1-4H3. The van der Waals surface area contributed by atoms with Crippen LogP contribution < -0.4 is 0 Å². The summed E-state index contributed by atoms with van der Waals surface area (Å²) in [5.41, 5.74) is 0. The van der Waals surface area contributed by atoms with Crippen molar-refractivity contribution in [3.05, 3.63) is 0 Å². The second kappa shape index (κ2) is 14.3. The lowest BCUT2D eigenvalue weighted by atomic mass is 10.0. The van der Waals surface area contributed by atoms with E-state index in [1.54, 1.807) is 0 Å². The van der Waals surface area contributed by atoms with E-state index in [2.05, 4.69) is 27.7 Å². The van der Waals surface area contributed by atoms with Crippen LogP contribution in [0.1, 0.15) is 79.1 Å². The summed E-state index contributed by atoms with van der Waals surface area (Å²) < 4.78 is 10.9. The van der Waals surface area contributed by atoms with E-state index in [9.17, 15) is 0 Å². The van der Waals surface area contributed by atoms with Gasteiger partial charge in [-0.2, -0.15) is 0 Å². The first-order valence-corrected chi connectivity index (χ1v) is 8.32. The molecule has 0 aliphatic rings. The Morgan fingerprint density at radius 2 is 1.21 bits per heavy atom.